The first kappa shape index (κ1) is 27.4. The number of carbonyl (C=O) groups excluding carboxylic acids is 2. The van der Waals surface area contributed by atoms with Crippen LogP contribution in [0.1, 0.15) is 54.0 Å². The Morgan fingerprint density at radius 1 is 0.952 bits per heavy atom. The Morgan fingerprint density at radius 3 is 2.38 bits per heavy atom. The van der Waals surface area contributed by atoms with Gasteiger partial charge in [0.25, 0.3) is 0 Å². The van der Waals surface area contributed by atoms with Crippen molar-refractivity contribution in [2.45, 2.75) is 64.7 Å². The fourth-order valence-electron chi connectivity index (χ4n) is 5.47. The first-order valence-electron chi connectivity index (χ1n) is 14.3. The number of hydrogen-bond donors (Lipinski definition) is 1. The lowest BCUT2D eigenvalue weighted by Gasteiger charge is -2.32. The van der Waals surface area contributed by atoms with Crippen LogP contribution in [0, 0.1) is 13.8 Å². The molecule has 1 atom stereocenters. The number of aryl methyl sites for hydroxylation is 2. The maximum atomic E-state index is 14.1. The highest BCUT2D eigenvalue weighted by Gasteiger charge is 2.34. The Hall–Kier alpha value is -4.73. The van der Waals surface area contributed by atoms with Crippen molar-refractivity contribution >= 4 is 11.8 Å². The molecule has 6 rings (SSSR count). The van der Waals surface area contributed by atoms with Gasteiger partial charge in [-0.2, -0.15) is 4.80 Å². The second-order valence-corrected chi connectivity index (χ2v) is 11.0. The molecular formula is C32H34N6O4. The van der Waals surface area contributed by atoms with Gasteiger partial charge in [-0.1, -0.05) is 78.6 Å². The number of fused-ring (bicyclic) bond motifs is 1. The largest absolute Gasteiger partial charge is 0.454 e. The summed E-state index contributed by atoms with van der Waals surface area (Å²) >= 11 is 0. The van der Waals surface area contributed by atoms with Crippen molar-refractivity contribution in [3.8, 4) is 22.9 Å². The average molecular weight is 567 g/mol. The maximum Gasteiger partial charge on any atom is 0.247 e. The van der Waals surface area contributed by atoms with E-state index in [9.17, 15) is 9.59 Å². The molecule has 0 radical (unpaired) electrons. The van der Waals surface area contributed by atoms with Crippen molar-refractivity contribution in [2.75, 3.05) is 6.79 Å². The average Bonchev–Trinajstić information content (AvgIpc) is 3.77. The van der Waals surface area contributed by atoms with E-state index in [2.05, 4.69) is 20.7 Å². The van der Waals surface area contributed by atoms with Crippen LogP contribution < -0.4 is 14.8 Å². The molecule has 2 aliphatic rings. The summed E-state index contributed by atoms with van der Waals surface area (Å²) in [5.74, 6) is 1.18. The van der Waals surface area contributed by atoms with Gasteiger partial charge in [0, 0.05) is 18.2 Å². The Kier molecular flexibility index (Phi) is 7.85. The number of rotatable bonds is 9. The van der Waals surface area contributed by atoms with E-state index >= 15 is 0 Å². The Bertz CT molecular complexity index is 1560. The molecule has 10 nitrogen and oxygen atoms in total. The molecule has 1 saturated carbocycles. The van der Waals surface area contributed by atoms with Gasteiger partial charge in [0.15, 0.2) is 11.5 Å². The van der Waals surface area contributed by atoms with Gasteiger partial charge in [-0.05, 0) is 55.2 Å². The van der Waals surface area contributed by atoms with Crippen molar-refractivity contribution in [2.24, 2.45) is 0 Å². The fourth-order valence-corrected chi connectivity index (χ4v) is 5.47. The van der Waals surface area contributed by atoms with Crippen LogP contribution in [-0.4, -0.2) is 49.8 Å². The van der Waals surface area contributed by atoms with Crippen LogP contribution in [0.25, 0.3) is 11.4 Å². The molecule has 0 spiro atoms. The van der Waals surface area contributed by atoms with Gasteiger partial charge in [0.05, 0.1) is 0 Å². The Labute approximate surface area is 244 Å². The van der Waals surface area contributed by atoms with Gasteiger partial charge in [0.2, 0.25) is 24.4 Å². The molecule has 0 bridgehead atoms. The molecule has 1 aromatic heterocycles. The van der Waals surface area contributed by atoms with Crippen LogP contribution in [0.3, 0.4) is 0 Å². The van der Waals surface area contributed by atoms with Gasteiger partial charge in [-0.15, -0.1) is 10.2 Å². The summed E-state index contributed by atoms with van der Waals surface area (Å²) in [6.45, 7) is 4.15. The topological polar surface area (TPSA) is 111 Å². The van der Waals surface area contributed by atoms with E-state index in [0.717, 1.165) is 53.5 Å². The minimum Gasteiger partial charge on any atom is -0.454 e. The Morgan fingerprint density at radius 2 is 1.64 bits per heavy atom. The second kappa shape index (κ2) is 12.0. The predicted octanol–water partition coefficient (Wildman–Crippen LogP) is 4.51. The molecular weight excluding hydrogens is 532 g/mol. The fraction of sp³-hybridized carbons (Fsp3) is 0.344. The number of nitrogens with zero attached hydrogens (tertiary/aromatic N) is 5. The van der Waals surface area contributed by atoms with Crippen molar-refractivity contribution in [3.05, 3.63) is 89.0 Å². The summed E-state index contributed by atoms with van der Waals surface area (Å²) in [6, 6.07) is 20.4. The van der Waals surface area contributed by atoms with Crippen molar-refractivity contribution in [1.29, 1.82) is 0 Å². The summed E-state index contributed by atoms with van der Waals surface area (Å²) in [5, 5.41) is 16.0. The van der Waals surface area contributed by atoms with Crippen LogP contribution >= 0.6 is 0 Å². The summed E-state index contributed by atoms with van der Waals surface area (Å²) in [4.78, 5) is 31.0. The molecule has 216 valence electrons. The predicted molar refractivity (Wildman–Crippen MR) is 155 cm³/mol. The molecule has 1 aliphatic heterocycles. The first-order chi connectivity index (χ1) is 20.4. The van der Waals surface area contributed by atoms with Crippen LogP contribution in [0.4, 0.5) is 0 Å². The monoisotopic (exact) mass is 566 g/mol. The van der Waals surface area contributed by atoms with Gasteiger partial charge in [-0.3, -0.25) is 9.59 Å². The SMILES string of the molecule is Cc1ccc(-c2nnn(CC(=O)N(Cc3ccc4c(c3)OCO4)[C@@H](C(=O)NC3CCCC3)c3ccc(C)cc3)n2)cc1. The van der Waals surface area contributed by atoms with Gasteiger partial charge < -0.3 is 19.7 Å². The number of aromatic nitrogens is 4. The number of tetrazole rings is 1. The van der Waals surface area contributed by atoms with E-state index in [4.69, 9.17) is 9.47 Å². The van der Waals surface area contributed by atoms with E-state index in [1.807, 2.05) is 80.6 Å². The smallest absolute Gasteiger partial charge is 0.247 e. The van der Waals surface area contributed by atoms with E-state index < -0.39 is 6.04 Å². The molecule has 3 aromatic carbocycles. The number of hydrogen-bond acceptors (Lipinski definition) is 7. The molecule has 42 heavy (non-hydrogen) atoms. The number of nitrogens with one attached hydrogen (secondary N) is 1. The quantitative estimate of drug-likeness (QED) is 0.317. The van der Waals surface area contributed by atoms with E-state index in [0.29, 0.717) is 17.3 Å². The summed E-state index contributed by atoms with van der Waals surface area (Å²) in [6.07, 6.45) is 4.04. The number of carbonyl (C=O) groups is 2. The third-order valence-electron chi connectivity index (χ3n) is 7.80. The minimum absolute atomic E-state index is 0.0991. The third kappa shape index (κ3) is 6.12. The first-order valence-corrected chi connectivity index (χ1v) is 14.3. The van der Waals surface area contributed by atoms with Crippen LogP contribution in [0.2, 0.25) is 0 Å². The number of amides is 2. The summed E-state index contributed by atoms with van der Waals surface area (Å²) in [5.41, 5.74) is 4.55. The van der Waals surface area contributed by atoms with Crippen molar-refractivity contribution in [3.63, 3.8) is 0 Å². The van der Waals surface area contributed by atoms with Crippen LogP contribution in [0.15, 0.2) is 66.7 Å². The maximum absolute atomic E-state index is 14.1. The highest BCUT2D eigenvalue weighted by Crippen LogP contribution is 2.34. The Balaban J connectivity index is 1.33. The van der Waals surface area contributed by atoms with Crippen molar-refractivity contribution < 1.29 is 19.1 Å². The lowest BCUT2D eigenvalue weighted by atomic mass is 10.0. The molecule has 0 unspecified atom stereocenters. The molecule has 0 saturated heterocycles. The molecule has 1 fully saturated rings. The van der Waals surface area contributed by atoms with Crippen LogP contribution in [0.5, 0.6) is 11.5 Å². The van der Waals surface area contributed by atoms with E-state index in [1.165, 1.54) is 4.80 Å². The third-order valence-corrected chi connectivity index (χ3v) is 7.80. The summed E-state index contributed by atoms with van der Waals surface area (Å²) < 4.78 is 11.1. The number of ether oxygens (including phenoxy) is 2. The zero-order valence-electron chi connectivity index (χ0n) is 23.8. The molecule has 1 N–H and O–H groups in total. The van der Waals surface area contributed by atoms with Gasteiger partial charge >= 0.3 is 0 Å². The van der Waals surface area contributed by atoms with E-state index in [1.54, 1.807) is 4.90 Å². The normalized spacial score (nSPS) is 15.0. The molecule has 4 aromatic rings. The molecule has 2 heterocycles. The van der Waals surface area contributed by atoms with Gasteiger partial charge in [0.1, 0.15) is 12.6 Å². The van der Waals surface area contributed by atoms with Crippen molar-refractivity contribution in [1.82, 2.24) is 30.4 Å². The van der Waals surface area contributed by atoms with Gasteiger partial charge in [-0.25, -0.2) is 0 Å². The standard InChI is InChI=1S/C32H34N6O4/c1-21-7-12-24(13-8-21)30(32(40)33-26-5-3-4-6-26)37(18-23-11-16-27-28(17-23)42-20-41-27)29(39)19-38-35-31(34-36-38)25-14-9-22(2)10-15-25/h7-17,26,30H,3-6,18-20H2,1-2H3,(H,33,40)/t30-/m1/s1. The zero-order chi connectivity index (χ0) is 29.1. The molecule has 2 amide bonds. The molecule has 10 heteroatoms. The minimum atomic E-state index is -0.857. The van der Waals surface area contributed by atoms with E-state index in [-0.39, 0.29) is 37.7 Å². The zero-order valence-corrected chi connectivity index (χ0v) is 23.8. The highest BCUT2D eigenvalue weighted by atomic mass is 16.7. The number of benzene rings is 3. The lowest BCUT2D eigenvalue weighted by molar-refractivity contribution is -0.142. The summed E-state index contributed by atoms with van der Waals surface area (Å²) in [7, 11) is 0. The lowest BCUT2D eigenvalue weighted by Crippen LogP contribution is -2.46. The second-order valence-electron chi connectivity index (χ2n) is 11.0. The molecule has 1 aliphatic carbocycles. The highest BCUT2D eigenvalue weighted by molar-refractivity contribution is 5.89. The van der Waals surface area contributed by atoms with Crippen LogP contribution in [-0.2, 0) is 22.7 Å².